The Morgan fingerprint density at radius 3 is 2.52 bits per heavy atom. The highest BCUT2D eigenvalue weighted by molar-refractivity contribution is 7.09. The van der Waals surface area contributed by atoms with Crippen molar-refractivity contribution in [2.24, 2.45) is 0 Å². The van der Waals surface area contributed by atoms with Gasteiger partial charge in [-0.3, -0.25) is 0 Å². The summed E-state index contributed by atoms with van der Waals surface area (Å²) in [5, 5.41) is 8.71. The molecule has 4 nitrogen and oxygen atoms in total. The van der Waals surface area contributed by atoms with E-state index in [1.807, 2.05) is 13.1 Å². The molecule has 0 saturated carbocycles. The van der Waals surface area contributed by atoms with Crippen LogP contribution < -0.4 is 10.6 Å². The number of nitrogens with zero attached hydrogens (tertiary/aromatic N) is 2. The van der Waals surface area contributed by atoms with Crippen LogP contribution in [0.25, 0.3) is 0 Å². The Labute approximate surface area is 131 Å². The molecule has 0 aliphatic heterocycles. The number of thiophene rings is 1. The lowest BCUT2D eigenvalue weighted by Crippen LogP contribution is -2.22. The van der Waals surface area contributed by atoms with Crippen LogP contribution in [0.15, 0.2) is 23.6 Å². The Balaban J connectivity index is 2.15. The van der Waals surface area contributed by atoms with Crippen molar-refractivity contribution in [3.8, 4) is 0 Å². The monoisotopic (exact) mass is 304 g/mol. The van der Waals surface area contributed by atoms with Gasteiger partial charge in [0.05, 0.1) is 0 Å². The molecule has 1 unspecified atom stereocenters. The van der Waals surface area contributed by atoms with E-state index in [1.54, 1.807) is 11.3 Å². The third kappa shape index (κ3) is 4.43. The van der Waals surface area contributed by atoms with Gasteiger partial charge < -0.3 is 10.6 Å². The molecule has 2 heterocycles. The minimum Gasteiger partial charge on any atom is -0.373 e. The summed E-state index contributed by atoms with van der Waals surface area (Å²) in [4.78, 5) is 10.6. The largest absolute Gasteiger partial charge is 0.373 e. The molecule has 2 aromatic rings. The maximum Gasteiger partial charge on any atom is 0.138 e. The minimum atomic E-state index is -0.0692. The van der Waals surface area contributed by atoms with Crippen LogP contribution in [0.3, 0.4) is 0 Å². The molecular formula is C16H24N4S. The van der Waals surface area contributed by atoms with Gasteiger partial charge in [-0.25, -0.2) is 9.97 Å². The Morgan fingerprint density at radius 2 is 1.95 bits per heavy atom. The van der Waals surface area contributed by atoms with Crippen LogP contribution >= 0.6 is 11.3 Å². The van der Waals surface area contributed by atoms with Gasteiger partial charge >= 0.3 is 0 Å². The highest BCUT2D eigenvalue weighted by atomic mass is 32.1. The lowest BCUT2D eigenvalue weighted by molar-refractivity contribution is 0.546. The quantitative estimate of drug-likeness (QED) is 0.879. The summed E-state index contributed by atoms with van der Waals surface area (Å²) in [5.74, 6) is 2.57. The summed E-state index contributed by atoms with van der Waals surface area (Å²) in [6, 6.07) is 6.55. The van der Waals surface area contributed by atoms with Crippen molar-refractivity contribution < 1.29 is 0 Å². The molecule has 0 saturated heterocycles. The molecule has 2 rings (SSSR count). The zero-order valence-corrected chi connectivity index (χ0v) is 14.2. The highest BCUT2D eigenvalue weighted by Gasteiger charge is 2.19. The third-order valence-electron chi connectivity index (χ3n) is 3.13. The Morgan fingerprint density at radius 1 is 1.24 bits per heavy atom. The minimum absolute atomic E-state index is 0.0692. The fourth-order valence-corrected chi connectivity index (χ4v) is 2.85. The predicted octanol–water partition coefficient (Wildman–Crippen LogP) is 3.92. The van der Waals surface area contributed by atoms with Crippen molar-refractivity contribution in [3.05, 3.63) is 34.3 Å². The van der Waals surface area contributed by atoms with E-state index in [0.29, 0.717) is 6.04 Å². The molecule has 5 heteroatoms. The van der Waals surface area contributed by atoms with Crippen LogP contribution in [-0.4, -0.2) is 23.1 Å². The fourth-order valence-electron chi connectivity index (χ4n) is 2.02. The van der Waals surface area contributed by atoms with Gasteiger partial charge in [-0.15, -0.1) is 11.3 Å². The Bertz CT molecular complexity index is 572. The van der Waals surface area contributed by atoms with Crippen molar-refractivity contribution in [1.29, 1.82) is 0 Å². The highest BCUT2D eigenvalue weighted by Crippen LogP contribution is 2.23. The van der Waals surface area contributed by atoms with E-state index in [2.05, 4.69) is 65.8 Å². The summed E-state index contributed by atoms with van der Waals surface area (Å²) in [6.07, 6.45) is 1.00. The maximum absolute atomic E-state index is 4.66. The molecule has 0 radical (unpaired) electrons. The lowest BCUT2D eigenvalue weighted by atomic mass is 9.96. The van der Waals surface area contributed by atoms with Crippen LogP contribution in [0.2, 0.25) is 0 Å². The van der Waals surface area contributed by atoms with Crippen molar-refractivity contribution in [1.82, 2.24) is 9.97 Å². The van der Waals surface area contributed by atoms with Crippen molar-refractivity contribution in [2.75, 3.05) is 17.7 Å². The van der Waals surface area contributed by atoms with E-state index in [0.717, 1.165) is 23.9 Å². The van der Waals surface area contributed by atoms with E-state index in [9.17, 15) is 0 Å². The van der Waals surface area contributed by atoms with Gasteiger partial charge in [0.25, 0.3) is 0 Å². The molecule has 0 aliphatic rings. The van der Waals surface area contributed by atoms with E-state index in [4.69, 9.17) is 0 Å². The first kappa shape index (κ1) is 15.8. The van der Waals surface area contributed by atoms with Gasteiger partial charge in [0.1, 0.15) is 17.5 Å². The first-order chi connectivity index (χ1) is 9.88. The lowest BCUT2D eigenvalue weighted by Gasteiger charge is -2.20. The van der Waals surface area contributed by atoms with Crippen molar-refractivity contribution >= 4 is 23.0 Å². The normalized spacial score (nSPS) is 13.0. The second-order valence-electron chi connectivity index (χ2n) is 6.29. The van der Waals surface area contributed by atoms with Crippen molar-refractivity contribution in [3.63, 3.8) is 0 Å². The average Bonchev–Trinajstić information content (AvgIpc) is 2.89. The fraction of sp³-hybridized carbons (Fsp3) is 0.500. The van der Waals surface area contributed by atoms with E-state index >= 15 is 0 Å². The van der Waals surface area contributed by atoms with Gasteiger partial charge in [0.2, 0.25) is 0 Å². The Hall–Kier alpha value is -1.62. The molecule has 114 valence electrons. The smallest absolute Gasteiger partial charge is 0.138 e. The van der Waals surface area contributed by atoms with E-state index in [-0.39, 0.29) is 5.41 Å². The van der Waals surface area contributed by atoms with Gasteiger partial charge in [0.15, 0.2) is 0 Å². The zero-order chi connectivity index (χ0) is 15.5. The molecular weight excluding hydrogens is 280 g/mol. The number of anilines is 2. The predicted molar refractivity (Wildman–Crippen MR) is 91.4 cm³/mol. The number of hydrogen-bond acceptors (Lipinski definition) is 5. The summed E-state index contributed by atoms with van der Waals surface area (Å²) in [6.45, 7) is 8.56. The molecule has 0 bridgehead atoms. The van der Waals surface area contributed by atoms with Gasteiger partial charge in [0, 0.05) is 35.9 Å². The molecule has 2 aromatic heterocycles. The van der Waals surface area contributed by atoms with E-state index in [1.165, 1.54) is 4.88 Å². The standard InChI is InChI=1S/C16H24N4S/c1-11(9-12-7-6-8-21-12)18-14-10-13(17-5)19-15(20-14)16(2,3)4/h6-8,10-11H,9H2,1-5H3,(H2,17,18,19,20). The molecule has 0 aliphatic carbocycles. The average molecular weight is 304 g/mol. The molecule has 0 aromatic carbocycles. The van der Waals surface area contributed by atoms with Gasteiger partial charge in [-0.2, -0.15) is 0 Å². The van der Waals surface area contributed by atoms with Gasteiger partial charge in [-0.05, 0) is 18.4 Å². The molecule has 21 heavy (non-hydrogen) atoms. The maximum atomic E-state index is 4.66. The van der Waals surface area contributed by atoms with Crippen LogP contribution in [0, 0.1) is 0 Å². The number of hydrogen-bond donors (Lipinski definition) is 2. The molecule has 1 atom stereocenters. The SMILES string of the molecule is CNc1cc(NC(C)Cc2cccs2)nc(C(C)(C)C)n1. The second kappa shape index (κ2) is 6.43. The number of aromatic nitrogens is 2. The van der Waals surface area contributed by atoms with Crippen LogP contribution in [0.1, 0.15) is 38.4 Å². The Kier molecular flexibility index (Phi) is 4.83. The molecule has 0 amide bonds. The summed E-state index contributed by atoms with van der Waals surface area (Å²) < 4.78 is 0. The van der Waals surface area contributed by atoms with Crippen LogP contribution in [-0.2, 0) is 11.8 Å². The van der Waals surface area contributed by atoms with Crippen LogP contribution in [0.4, 0.5) is 11.6 Å². The summed E-state index contributed by atoms with van der Waals surface area (Å²) >= 11 is 1.79. The molecule has 0 spiro atoms. The van der Waals surface area contributed by atoms with Crippen LogP contribution in [0.5, 0.6) is 0 Å². The zero-order valence-electron chi connectivity index (χ0n) is 13.4. The summed E-state index contributed by atoms with van der Waals surface area (Å²) in [7, 11) is 1.88. The number of rotatable bonds is 5. The molecule has 0 fully saturated rings. The first-order valence-electron chi connectivity index (χ1n) is 7.24. The number of nitrogens with one attached hydrogen (secondary N) is 2. The van der Waals surface area contributed by atoms with E-state index < -0.39 is 0 Å². The summed E-state index contributed by atoms with van der Waals surface area (Å²) in [5.41, 5.74) is -0.0692. The third-order valence-corrected chi connectivity index (χ3v) is 4.03. The first-order valence-corrected chi connectivity index (χ1v) is 8.12. The molecule has 2 N–H and O–H groups in total. The topological polar surface area (TPSA) is 49.8 Å². The van der Waals surface area contributed by atoms with Gasteiger partial charge in [-0.1, -0.05) is 26.8 Å². The second-order valence-corrected chi connectivity index (χ2v) is 7.32. The van der Waals surface area contributed by atoms with Crippen molar-refractivity contribution in [2.45, 2.75) is 45.6 Å².